The molecular formula is C23H24N2O4S. The van der Waals surface area contributed by atoms with Crippen molar-refractivity contribution in [1.29, 1.82) is 0 Å². The Morgan fingerprint density at radius 1 is 1.13 bits per heavy atom. The van der Waals surface area contributed by atoms with Crippen molar-refractivity contribution in [3.8, 4) is 5.75 Å². The van der Waals surface area contributed by atoms with E-state index in [0.717, 1.165) is 39.1 Å². The van der Waals surface area contributed by atoms with Gasteiger partial charge in [-0.1, -0.05) is 24.3 Å². The fourth-order valence-electron chi connectivity index (χ4n) is 2.91. The van der Waals surface area contributed by atoms with Crippen molar-refractivity contribution in [3.05, 3.63) is 64.1 Å². The molecule has 1 N–H and O–H groups in total. The second kappa shape index (κ2) is 9.17. The molecule has 6 nitrogen and oxygen atoms in total. The van der Waals surface area contributed by atoms with Crippen LogP contribution in [-0.4, -0.2) is 34.6 Å². The van der Waals surface area contributed by atoms with E-state index >= 15 is 0 Å². The van der Waals surface area contributed by atoms with Crippen LogP contribution in [-0.2, 0) is 9.59 Å². The van der Waals surface area contributed by atoms with Crippen molar-refractivity contribution in [2.24, 2.45) is 0 Å². The van der Waals surface area contributed by atoms with Gasteiger partial charge in [0, 0.05) is 5.69 Å². The second-order valence-electron chi connectivity index (χ2n) is 7.37. The van der Waals surface area contributed by atoms with E-state index in [1.54, 1.807) is 6.08 Å². The normalized spacial score (nSPS) is 15.2. The molecule has 2 aromatic carbocycles. The van der Waals surface area contributed by atoms with Crippen LogP contribution >= 0.6 is 11.8 Å². The van der Waals surface area contributed by atoms with Gasteiger partial charge in [0.2, 0.25) is 5.91 Å². The summed E-state index contributed by atoms with van der Waals surface area (Å²) >= 11 is 0.833. The van der Waals surface area contributed by atoms with Gasteiger partial charge >= 0.3 is 0 Å². The molecule has 7 heteroatoms. The summed E-state index contributed by atoms with van der Waals surface area (Å²) in [6.45, 7) is 7.38. The molecule has 2 aromatic rings. The fraction of sp³-hybridized carbons (Fsp3) is 0.261. The van der Waals surface area contributed by atoms with Crippen molar-refractivity contribution < 1.29 is 19.1 Å². The van der Waals surface area contributed by atoms with E-state index in [4.69, 9.17) is 4.74 Å². The highest BCUT2D eigenvalue weighted by atomic mass is 32.2. The zero-order chi connectivity index (χ0) is 21.8. The number of thioether (sulfide) groups is 1. The van der Waals surface area contributed by atoms with Gasteiger partial charge < -0.3 is 10.1 Å². The highest BCUT2D eigenvalue weighted by Gasteiger charge is 2.36. The summed E-state index contributed by atoms with van der Waals surface area (Å²) in [6.07, 6.45) is 1.72. The number of hydrogen-bond donors (Lipinski definition) is 1. The van der Waals surface area contributed by atoms with Gasteiger partial charge in [0.15, 0.2) is 0 Å². The van der Waals surface area contributed by atoms with Gasteiger partial charge in [0.05, 0.1) is 11.0 Å². The third-order valence-electron chi connectivity index (χ3n) is 4.39. The van der Waals surface area contributed by atoms with E-state index in [1.165, 1.54) is 0 Å². The first-order chi connectivity index (χ1) is 14.2. The monoisotopic (exact) mass is 424 g/mol. The van der Waals surface area contributed by atoms with Crippen molar-refractivity contribution in [2.45, 2.75) is 33.8 Å². The molecule has 156 valence electrons. The number of imide groups is 1. The number of rotatable bonds is 6. The predicted molar refractivity (Wildman–Crippen MR) is 119 cm³/mol. The minimum absolute atomic E-state index is 0.0714. The Balaban J connectivity index is 1.67. The lowest BCUT2D eigenvalue weighted by molar-refractivity contribution is -0.127. The summed E-state index contributed by atoms with van der Waals surface area (Å²) in [6, 6.07) is 13.0. The molecule has 3 amide bonds. The molecular weight excluding hydrogens is 400 g/mol. The number of anilines is 1. The van der Waals surface area contributed by atoms with Crippen LogP contribution in [0, 0.1) is 13.8 Å². The molecule has 1 heterocycles. The molecule has 0 radical (unpaired) electrons. The van der Waals surface area contributed by atoms with E-state index in [2.05, 4.69) is 5.32 Å². The predicted octanol–water partition coefficient (Wildman–Crippen LogP) is 4.77. The number of carbonyl (C=O) groups is 3. The lowest BCUT2D eigenvalue weighted by Crippen LogP contribution is -2.36. The number of carbonyl (C=O) groups excluding carboxylic acids is 3. The highest BCUT2D eigenvalue weighted by Crippen LogP contribution is 2.32. The second-order valence-corrected chi connectivity index (χ2v) is 8.36. The zero-order valence-corrected chi connectivity index (χ0v) is 18.2. The number of benzene rings is 2. The number of hydrogen-bond acceptors (Lipinski definition) is 5. The van der Waals surface area contributed by atoms with Crippen LogP contribution in [0.5, 0.6) is 5.75 Å². The van der Waals surface area contributed by atoms with Crippen molar-refractivity contribution in [2.75, 3.05) is 11.9 Å². The summed E-state index contributed by atoms with van der Waals surface area (Å²) in [5.41, 5.74) is 3.37. The van der Waals surface area contributed by atoms with Crippen molar-refractivity contribution in [1.82, 2.24) is 4.90 Å². The van der Waals surface area contributed by atoms with Crippen LogP contribution in [0.3, 0.4) is 0 Å². The van der Waals surface area contributed by atoms with Gasteiger partial charge in [-0.3, -0.25) is 19.3 Å². The Labute approximate surface area is 180 Å². The molecule has 0 atom stereocenters. The maximum atomic E-state index is 12.7. The fourth-order valence-corrected chi connectivity index (χ4v) is 3.74. The van der Waals surface area contributed by atoms with Crippen LogP contribution in [0.1, 0.15) is 30.5 Å². The maximum Gasteiger partial charge on any atom is 0.294 e. The van der Waals surface area contributed by atoms with Gasteiger partial charge in [0.25, 0.3) is 11.1 Å². The van der Waals surface area contributed by atoms with Crippen LogP contribution in [0.25, 0.3) is 6.08 Å². The van der Waals surface area contributed by atoms with Crippen molar-refractivity contribution >= 4 is 40.6 Å². The van der Waals surface area contributed by atoms with Crippen molar-refractivity contribution in [3.63, 3.8) is 0 Å². The summed E-state index contributed by atoms with van der Waals surface area (Å²) in [5.74, 6) is -0.149. The van der Waals surface area contributed by atoms with Crippen LogP contribution in [0.2, 0.25) is 0 Å². The molecule has 0 saturated carbocycles. The van der Waals surface area contributed by atoms with Crippen LogP contribution in [0.4, 0.5) is 10.5 Å². The summed E-state index contributed by atoms with van der Waals surface area (Å²) in [7, 11) is 0. The van der Waals surface area contributed by atoms with Crippen LogP contribution in [0.15, 0.2) is 47.4 Å². The summed E-state index contributed by atoms with van der Waals surface area (Å²) in [4.78, 5) is 38.6. The molecule has 0 aliphatic carbocycles. The molecule has 1 aliphatic rings. The zero-order valence-electron chi connectivity index (χ0n) is 17.4. The Kier molecular flexibility index (Phi) is 6.62. The minimum atomic E-state index is -0.469. The Morgan fingerprint density at radius 2 is 1.83 bits per heavy atom. The van der Waals surface area contributed by atoms with E-state index in [1.807, 2.05) is 70.2 Å². The number of amides is 3. The Bertz CT molecular complexity index is 1010. The van der Waals surface area contributed by atoms with Crippen LogP contribution < -0.4 is 10.1 Å². The van der Waals surface area contributed by atoms with Gasteiger partial charge in [-0.25, -0.2) is 0 Å². The molecule has 30 heavy (non-hydrogen) atoms. The SMILES string of the molecule is Cc1ccc(C)c(NC(=O)CN2C(=O)S/C(=C\c3ccc(OC(C)C)cc3)C2=O)c1. The third kappa shape index (κ3) is 5.30. The van der Waals surface area contributed by atoms with Gasteiger partial charge in [-0.2, -0.15) is 0 Å². The molecule has 0 spiro atoms. The number of nitrogens with zero attached hydrogens (tertiary/aromatic N) is 1. The molecule has 0 aromatic heterocycles. The topological polar surface area (TPSA) is 75.7 Å². The first-order valence-electron chi connectivity index (χ1n) is 9.62. The molecule has 1 saturated heterocycles. The van der Waals surface area contributed by atoms with Gasteiger partial charge in [0.1, 0.15) is 12.3 Å². The lowest BCUT2D eigenvalue weighted by Gasteiger charge is -2.14. The molecule has 3 rings (SSSR count). The average molecular weight is 425 g/mol. The van der Waals surface area contributed by atoms with E-state index in [9.17, 15) is 14.4 Å². The third-order valence-corrected chi connectivity index (χ3v) is 5.30. The number of aryl methyl sites for hydroxylation is 2. The first kappa shape index (κ1) is 21.6. The quantitative estimate of drug-likeness (QED) is 0.677. The minimum Gasteiger partial charge on any atom is -0.491 e. The Hall–Kier alpha value is -3.06. The molecule has 0 unspecified atom stereocenters. The smallest absolute Gasteiger partial charge is 0.294 e. The largest absolute Gasteiger partial charge is 0.491 e. The van der Waals surface area contributed by atoms with E-state index in [0.29, 0.717) is 5.69 Å². The highest BCUT2D eigenvalue weighted by molar-refractivity contribution is 8.18. The lowest BCUT2D eigenvalue weighted by atomic mass is 10.1. The summed E-state index contributed by atoms with van der Waals surface area (Å²) < 4.78 is 5.60. The number of nitrogens with one attached hydrogen (secondary N) is 1. The molecule has 1 aliphatic heterocycles. The van der Waals surface area contributed by atoms with E-state index in [-0.39, 0.29) is 17.6 Å². The first-order valence-corrected chi connectivity index (χ1v) is 10.4. The number of ether oxygens (including phenoxy) is 1. The molecule has 1 fully saturated rings. The van der Waals surface area contributed by atoms with Gasteiger partial charge in [-0.15, -0.1) is 0 Å². The maximum absolute atomic E-state index is 12.7. The summed E-state index contributed by atoms with van der Waals surface area (Å²) in [5, 5.41) is 2.32. The molecule has 0 bridgehead atoms. The average Bonchev–Trinajstić information content (AvgIpc) is 2.93. The standard InChI is InChI=1S/C23H24N2O4S/c1-14(2)29-18-9-7-17(8-10-18)12-20-22(27)25(23(28)30-20)13-21(26)24-19-11-15(3)5-6-16(19)4/h5-12,14H,13H2,1-4H3,(H,24,26)/b20-12-. The Morgan fingerprint density at radius 3 is 2.50 bits per heavy atom. The van der Waals surface area contributed by atoms with Gasteiger partial charge in [-0.05, 0) is 80.4 Å². The van der Waals surface area contributed by atoms with E-state index < -0.39 is 17.1 Å².